The van der Waals surface area contributed by atoms with Gasteiger partial charge in [0.1, 0.15) is 0 Å². The molecule has 1 atom stereocenters. The van der Waals surface area contributed by atoms with Crippen LogP contribution in [0.1, 0.15) is 13.8 Å². The van der Waals surface area contributed by atoms with Crippen molar-refractivity contribution < 1.29 is 9.53 Å². The molecule has 2 N–H and O–H groups in total. The Morgan fingerprint density at radius 1 is 1.24 bits per heavy atom. The molecule has 1 aliphatic rings. The van der Waals surface area contributed by atoms with E-state index in [0.717, 1.165) is 32.7 Å². The van der Waals surface area contributed by atoms with Gasteiger partial charge in [0.05, 0.1) is 13.2 Å². The molecular weight excluding hydrogens is 268 g/mol. The Balaban J connectivity index is 2.29. The van der Waals surface area contributed by atoms with Crippen LogP contribution in [-0.4, -0.2) is 88.3 Å². The first-order valence-corrected chi connectivity index (χ1v) is 7.93. The van der Waals surface area contributed by atoms with E-state index in [1.54, 1.807) is 7.11 Å². The third-order valence-electron chi connectivity index (χ3n) is 4.05. The number of carbonyl (C=O) groups is 1. The van der Waals surface area contributed by atoms with Gasteiger partial charge in [0, 0.05) is 52.4 Å². The number of nitrogens with zero attached hydrogens (tertiary/aromatic N) is 2. The lowest BCUT2D eigenvalue weighted by Crippen LogP contribution is -2.54. The molecule has 0 aromatic carbocycles. The first kappa shape index (κ1) is 18.4. The Kier molecular flexibility index (Phi) is 8.84. The third kappa shape index (κ3) is 7.22. The highest BCUT2D eigenvalue weighted by atomic mass is 16.5. The van der Waals surface area contributed by atoms with Crippen molar-refractivity contribution in [2.45, 2.75) is 19.9 Å². The van der Waals surface area contributed by atoms with Crippen LogP contribution < -0.4 is 10.6 Å². The summed E-state index contributed by atoms with van der Waals surface area (Å²) in [6, 6.07) is 0.418. The first-order chi connectivity index (χ1) is 10.0. The highest BCUT2D eigenvalue weighted by Crippen LogP contribution is 2.12. The molecule has 0 radical (unpaired) electrons. The summed E-state index contributed by atoms with van der Waals surface area (Å²) in [5, 5.41) is 6.12. The van der Waals surface area contributed by atoms with Crippen LogP contribution in [0.3, 0.4) is 0 Å². The number of rotatable bonds is 9. The van der Waals surface area contributed by atoms with Crippen LogP contribution in [0, 0.1) is 5.92 Å². The molecular formula is C15H32N4O2. The summed E-state index contributed by atoms with van der Waals surface area (Å²) in [7, 11) is 3.82. The zero-order chi connectivity index (χ0) is 15.7. The first-order valence-electron chi connectivity index (χ1n) is 7.93. The Labute approximate surface area is 129 Å². The van der Waals surface area contributed by atoms with Gasteiger partial charge in [-0.25, -0.2) is 0 Å². The SMILES string of the molecule is COCCNCC(=O)NCC(C(C)C)N1CCN(C)CC1. The monoisotopic (exact) mass is 300 g/mol. The molecule has 1 heterocycles. The van der Waals surface area contributed by atoms with E-state index in [-0.39, 0.29) is 5.91 Å². The van der Waals surface area contributed by atoms with Crippen LogP contribution in [0.15, 0.2) is 0 Å². The Bertz CT molecular complexity index is 291. The smallest absolute Gasteiger partial charge is 0.234 e. The van der Waals surface area contributed by atoms with Gasteiger partial charge in [-0.05, 0) is 13.0 Å². The highest BCUT2D eigenvalue weighted by molar-refractivity contribution is 5.78. The average Bonchev–Trinajstić information content (AvgIpc) is 2.45. The van der Waals surface area contributed by atoms with Crippen molar-refractivity contribution in [1.29, 1.82) is 0 Å². The fraction of sp³-hybridized carbons (Fsp3) is 0.933. The number of amides is 1. The predicted octanol–water partition coefficient (Wildman–Crippen LogP) is -0.389. The molecule has 1 amide bonds. The third-order valence-corrected chi connectivity index (χ3v) is 4.05. The van der Waals surface area contributed by atoms with Crippen molar-refractivity contribution in [2.75, 3.05) is 66.6 Å². The Hall–Kier alpha value is -0.690. The maximum atomic E-state index is 11.8. The molecule has 1 fully saturated rings. The summed E-state index contributed by atoms with van der Waals surface area (Å²) in [5.74, 6) is 0.598. The van der Waals surface area contributed by atoms with Gasteiger partial charge >= 0.3 is 0 Å². The van der Waals surface area contributed by atoms with E-state index in [4.69, 9.17) is 4.74 Å². The van der Waals surface area contributed by atoms with E-state index in [1.165, 1.54) is 0 Å². The minimum Gasteiger partial charge on any atom is -0.383 e. The standard InChI is InChI=1S/C15H32N4O2/c1-13(2)14(19-8-6-18(3)7-9-19)11-17-15(20)12-16-5-10-21-4/h13-14,16H,5-12H2,1-4H3,(H,17,20). The fourth-order valence-corrected chi connectivity index (χ4v) is 2.60. The zero-order valence-corrected chi connectivity index (χ0v) is 14.0. The summed E-state index contributed by atoms with van der Waals surface area (Å²) in [4.78, 5) is 16.7. The van der Waals surface area contributed by atoms with Crippen molar-refractivity contribution in [2.24, 2.45) is 5.92 Å². The lowest BCUT2D eigenvalue weighted by Gasteiger charge is -2.39. The number of likely N-dealkylation sites (N-methyl/N-ethyl adjacent to an activating group) is 1. The van der Waals surface area contributed by atoms with E-state index < -0.39 is 0 Å². The van der Waals surface area contributed by atoms with Crippen LogP contribution in [0.4, 0.5) is 0 Å². The van der Waals surface area contributed by atoms with Gasteiger partial charge < -0.3 is 20.3 Å². The molecule has 0 aromatic heterocycles. The zero-order valence-electron chi connectivity index (χ0n) is 14.0. The van der Waals surface area contributed by atoms with Crippen LogP contribution >= 0.6 is 0 Å². The molecule has 0 saturated carbocycles. The van der Waals surface area contributed by atoms with E-state index in [1.807, 2.05) is 0 Å². The normalized spacial score (nSPS) is 18.9. The molecule has 6 heteroatoms. The molecule has 6 nitrogen and oxygen atoms in total. The minimum atomic E-state index is 0.0610. The Morgan fingerprint density at radius 3 is 2.48 bits per heavy atom. The maximum absolute atomic E-state index is 11.8. The number of ether oxygens (including phenoxy) is 1. The number of methoxy groups -OCH3 is 1. The van der Waals surface area contributed by atoms with Crippen molar-refractivity contribution >= 4 is 5.91 Å². The minimum absolute atomic E-state index is 0.0610. The molecule has 0 spiro atoms. The van der Waals surface area contributed by atoms with Gasteiger partial charge in [0.15, 0.2) is 0 Å². The molecule has 1 saturated heterocycles. The topological polar surface area (TPSA) is 56.8 Å². The number of nitrogens with one attached hydrogen (secondary N) is 2. The number of carbonyl (C=O) groups excluding carboxylic acids is 1. The summed E-state index contributed by atoms with van der Waals surface area (Å²) >= 11 is 0. The van der Waals surface area contributed by atoms with Crippen molar-refractivity contribution in [3.63, 3.8) is 0 Å². The van der Waals surface area contributed by atoms with Crippen molar-refractivity contribution in [1.82, 2.24) is 20.4 Å². The van der Waals surface area contributed by atoms with Gasteiger partial charge in [-0.15, -0.1) is 0 Å². The lowest BCUT2D eigenvalue weighted by molar-refractivity contribution is -0.120. The average molecular weight is 300 g/mol. The molecule has 1 unspecified atom stereocenters. The second kappa shape index (κ2) is 10.1. The summed E-state index contributed by atoms with van der Waals surface area (Å²) in [6.07, 6.45) is 0. The number of piperazine rings is 1. The predicted molar refractivity (Wildman–Crippen MR) is 85.5 cm³/mol. The summed E-state index contributed by atoms with van der Waals surface area (Å²) in [6.45, 7) is 11.3. The molecule has 0 bridgehead atoms. The van der Waals surface area contributed by atoms with Gasteiger partial charge in [-0.3, -0.25) is 9.69 Å². The van der Waals surface area contributed by atoms with E-state index >= 15 is 0 Å². The van der Waals surface area contributed by atoms with Crippen LogP contribution in [-0.2, 0) is 9.53 Å². The largest absolute Gasteiger partial charge is 0.383 e. The fourth-order valence-electron chi connectivity index (χ4n) is 2.60. The van der Waals surface area contributed by atoms with Crippen LogP contribution in [0.25, 0.3) is 0 Å². The van der Waals surface area contributed by atoms with Crippen LogP contribution in [0.2, 0.25) is 0 Å². The van der Waals surface area contributed by atoms with Crippen molar-refractivity contribution in [3.8, 4) is 0 Å². The summed E-state index contributed by atoms with van der Waals surface area (Å²) < 4.78 is 4.94. The van der Waals surface area contributed by atoms with E-state index in [9.17, 15) is 4.79 Å². The molecule has 1 aliphatic heterocycles. The summed E-state index contributed by atoms with van der Waals surface area (Å²) in [5.41, 5.74) is 0. The molecule has 0 aliphatic carbocycles. The van der Waals surface area contributed by atoms with Crippen molar-refractivity contribution in [3.05, 3.63) is 0 Å². The van der Waals surface area contributed by atoms with Gasteiger partial charge in [0.2, 0.25) is 5.91 Å². The van der Waals surface area contributed by atoms with E-state index in [2.05, 4.69) is 41.3 Å². The number of hydrogen-bond donors (Lipinski definition) is 2. The van der Waals surface area contributed by atoms with Gasteiger partial charge in [-0.2, -0.15) is 0 Å². The quantitative estimate of drug-likeness (QED) is 0.568. The lowest BCUT2D eigenvalue weighted by atomic mass is 10.0. The molecule has 124 valence electrons. The number of hydrogen-bond acceptors (Lipinski definition) is 5. The van der Waals surface area contributed by atoms with Gasteiger partial charge in [-0.1, -0.05) is 13.8 Å². The highest BCUT2D eigenvalue weighted by Gasteiger charge is 2.25. The molecule has 21 heavy (non-hydrogen) atoms. The molecule has 0 aromatic rings. The Morgan fingerprint density at radius 2 is 1.90 bits per heavy atom. The second-order valence-electron chi connectivity index (χ2n) is 6.12. The van der Waals surface area contributed by atoms with Gasteiger partial charge in [0.25, 0.3) is 0 Å². The molecule has 1 rings (SSSR count). The van der Waals surface area contributed by atoms with Crippen LogP contribution in [0.5, 0.6) is 0 Å². The van der Waals surface area contributed by atoms with E-state index in [0.29, 0.717) is 31.7 Å². The maximum Gasteiger partial charge on any atom is 0.234 e. The second-order valence-corrected chi connectivity index (χ2v) is 6.12.